The maximum atomic E-state index is 7.01. The van der Waals surface area contributed by atoms with Crippen LogP contribution < -0.4 is 16.8 Å². The Hall–Kier alpha value is -0.200. The normalized spacial score (nSPS) is 35.7. The molecular weight excluding hydrogens is 578 g/mol. The van der Waals surface area contributed by atoms with Crippen molar-refractivity contribution >= 4 is 0 Å². The second-order valence-corrected chi connectivity index (χ2v) is 17.4. The zero-order valence-electron chi connectivity index (χ0n) is 31.9. The summed E-state index contributed by atoms with van der Waals surface area (Å²) in [6.45, 7) is 15.7. The predicted molar refractivity (Wildman–Crippen MR) is 201 cm³/mol. The standard InChI is InChI=1S/C42H81N3O2/c1-5-6-7-8-9-10-11-12-13-16-27-45-28-17-20-33(2)35-22-23-36-40-37(32-39(42(35,36)4)47-30-19-26-44)41(3)24-15-14-21-34(41)31-38(40)46-29-18-25-43/h33-40,45H,5-32,43-44H2,1-4H3/t33?,34?,35?,36-,37-,38+,39-,40?,41-,42+/m0/s1. The third-order valence-corrected chi connectivity index (χ3v) is 14.5. The number of hydrogen-bond donors (Lipinski definition) is 3. The average molecular weight is 660 g/mol. The molecule has 0 bridgehead atoms. The third kappa shape index (κ3) is 10.2. The fraction of sp³-hybridized carbons (Fsp3) is 1.00. The van der Waals surface area contributed by atoms with Gasteiger partial charge >= 0.3 is 0 Å². The predicted octanol–water partition coefficient (Wildman–Crippen LogP) is 9.65. The Morgan fingerprint density at radius 2 is 1.38 bits per heavy atom. The van der Waals surface area contributed by atoms with Crippen molar-refractivity contribution in [2.45, 2.75) is 181 Å². The number of ether oxygens (including phenoxy) is 2. The highest BCUT2D eigenvalue weighted by molar-refractivity contribution is 5.14. The van der Waals surface area contributed by atoms with Gasteiger partial charge in [-0.1, -0.05) is 98.3 Å². The van der Waals surface area contributed by atoms with Gasteiger partial charge in [-0.25, -0.2) is 0 Å². The molecule has 4 saturated carbocycles. The minimum atomic E-state index is 0.228. The molecule has 5 nitrogen and oxygen atoms in total. The fourth-order valence-electron chi connectivity index (χ4n) is 11.8. The topological polar surface area (TPSA) is 82.5 Å². The van der Waals surface area contributed by atoms with Gasteiger partial charge in [-0.05, 0) is 138 Å². The molecule has 0 spiro atoms. The van der Waals surface area contributed by atoms with E-state index in [1.807, 2.05) is 0 Å². The largest absolute Gasteiger partial charge is 0.378 e. The maximum absolute atomic E-state index is 7.01. The molecule has 5 N–H and O–H groups in total. The Kier molecular flexibility index (Phi) is 17.3. The Morgan fingerprint density at radius 3 is 2.09 bits per heavy atom. The first-order chi connectivity index (χ1) is 22.9. The van der Waals surface area contributed by atoms with Crippen molar-refractivity contribution in [1.29, 1.82) is 0 Å². The molecule has 0 aromatic carbocycles. The van der Waals surface area contributed by atoms with E-state index >= 15 is 0 Å². The number of nitrogens with one attached hydrogen (secondary N) is 1. The molecule has 0 radical (unpaired) electrons. The molecule has 0 amide bonds. The van der Waals surface area contributed by atoms with E-state index in [1.54, 1.807) is 0 Å². The van der Waals surface area contributed by atoms with Crippen LogP contribution in [0, 0.1) is 46.3 Å². The minimum Gasteiger partial charge on any atom is -0.378 e. The average Bonchev–Trinajstić information content (AvgIpc) is 3.43. The molecule has 10 atom stereocenters. The summed E-state index contributed by atoms with van der Waals surface area (Å²) in [5.74, 6) is 4.37. The van der Waals surface area contributed by atoms with Gasteiger partial charge in [0.15, 0.2) is 0 Å². The first kappa shape index (κ1) is 39.6. The van der Waals surface area contributed by atoms with Crippen LogP contribution in [0.5, 0.6) is 0 Å². The van der Waals surface area contributed by atoms with Crippen LogP contribution in [0.3, 0.4) is 0 Å². The lowest BCUT2D eigenvalue weighted by Gasteiger charge is -2.64. The smallest absolute Gasteiger partial charge is 0.0637 e. The van der Waals surface area contributed by atoms with Crippen molar-refractivity contribution in [2.24, 2.45) is 57.8 Å². The first-order valence-electron chi connectivity index (χ1n) is 21.3. The Bertz CT molecular complexity index is 841. The second-order valence-electron chi connectivity index (χ2n) is 17.4. The van der Waals surface area contributed by atoms with Gasteiger partial charge in [0, 0.05) is 18.6 Å². The van der Waals surface area contributed by atoms with Gasteiger partial charge in [-0.15, -0.1) is 0 Å². The number of unbranched alkanes of at least 4 members (excludes halogenated alkanes) is 9. The van der Waals surface area contributed by atoms with Gasteiger partial charge in [-0.2, -0.15) is 0 Å². The molecule has 0 saturated heterocycles. The van der Waals surface area contributed by atoms with E-state index in [4.69, 9.17) is 20.9 Å². The van der Waals surface area contributed by atoms with Crippen molar-refractivity contribution in [1.82, 2.24) is 5.32 Å². The second kappa shape index (κ2) is 20.6. The summed E-state index contributed by atoms with van der Waals surface area (Å²) in [6, 6.07) is 0. The van der Waals surface area contributed by atoms with E-state index < -0.39 is 0 Å². The van der Waals surface area contributed by atoms with Crippen LogP contribution in [0.25, 0.3) is 0 Å². The highest BCUT2D eigenvalue weighted by Gasteiger charge is 2.66. The van der Waals surface area contributed by atoms with Crippen LogP contribution in [0.1, 0.15) is 169 Å². The number of hydrogen-bond acceptors (Lipinski definition) is 5. The van der Waals surface area contributed by atoms with E-state index in [1.165, 1.54) is 142 Å². The minimum absolute atomic E-state index is 0.228. The van der Waals surface area contributed by atoms with Gasteiger partial charge in [0.25, 0.3) is 0 Å². The Balaban J connectivity index is 1.31. The van der Waals surface area contributed by atoms with Crippen LogP contribution in [0.15, 0.2) is 0 Å². The van der Waals surface area contributed by atoms with Crippen molar-refractivity contribution in [3.05, 3.63) is 0 Å². The van der Waals surface area contributed by atoms with Crippen molar-refractivity contribution < 1.29 is 9.47 Å². The van der Waals surface area contributed by atoms with E-state index in [9.17, 15) is 0 Å². The first-order valence-corrected chi connectivity index (χ1v) is 21.3. The molecule has 5 heteroatoms. The van der Waals surface area contributed by atoms with Gasteiger partial charge in [0.2, 0.25) is 0 Å². The molecule has 0 aliphatic heterocycles. The lowest BCUT2D eigenvalue weighted by atomic mass is 9.43. The van der Waals surface area contributed by atoms with Crippen LogP contribution in [-0.4, -0.2) is 51.6 Å². The lowest BCUT2D eigenvalue weighted by molar-refractivity contribution is -0.221. The Morgan fingerprint density at radius 1 is 0.723 bits per heavy atom. The van der Waals surface area contributed by atoms with Crippen molar-refractivity contribution in [3.63, 3.8) is 0 Å². The molecule has 4 unspecified atom stereocenters. The molecule has 0 heterocycles. The van der Waals surface area contributed by atoms with E-state index in [-0.39, 0.29) is 5.41 Å². The van der Waals surface area contributed by atoms with Gasteiger partial charge < -0.3 is 26.3 Å². The summed E-state index contributed by atoms with van der Waals surface area (Å²) in [6.07, 6.45) is 30.3. The molecule has 4 aliphatic carbocycles. The molecule has 4 fully saturated rings. The molecule has 4 aliphatic rings. The number of nitrogens with two attached hydrogens (primary N) is 2. The quantitative estimate of drug-likeness (QED) is 0.0899. The van der Waals surface area contributed by atoms with E-state index in [0.29, 0.717) is 29.5 Å². The monoisotopic (exact) mass is 660 g/mol. The molecule has 47 heavy (non-hydrogen) atoms. The van der Waals surface area contributed by atoms with Crippen molar-refractivity contribution in [2.75, 3.05) is 39.4 Å². The van der Waals surface area contributed by atoms with E-state index in [0.717, 1.165) is 62.8 Å². The number of fused-ring (bicyclic) bond motifs is 5. The molecule has 0 aromatic heterocycles. The zero-order valence-corrected chi connectivity index (χ0v) is 31.9. The van der Waals surface area contributed by atoms with Crippen LogP contribution >= 0.6 is 0 Å². The Labute approximate surface area is 292 Å². The molecule has 276 valence electrons. The summed E-state index contributed by atoms with van der Waals surface area (Å²) in [7, 11) is 0. The van der Waals surface area contributed by atoms with Gasteiger partial charge in [0.05, 0.1) is 12.2 Å². The van der Waals surface area contributed by atoms with Crippen LogP contribution in [0.4, 0.5) is 0 Å². The molecule has 4 rings (SSSR count). The summed E-state index contributed by atoms with van der Waals surface area (Å²) in [5, 5.41) is 3.80. The van der Waals surface area contributed by atoms with E-state index in [2.05, 4.69) is 33.0 Å². The third-order valence-electron chi connectivity index (χ3n) is 14.5. The maximum Gasteiger partial charge on any atom is 0.0637 e. The lowest BCUT2D eigenvalue weighted by Crippen LogP contribution is -2.62. The SMILES string of the molecule is CCCCCCCCCCCCNCCCC(C)C1CC[C@H]2C3[C@H](OCCCN)CC4CCCC[C@]4(C)[C@H]3C[C@H](OCCCN)[C@]12C. The molecule has 0 aromatic rings. The fourth-order valence-corrected chi connectivity index (χ4v) is 11.8. The molecular formula is C42H81N3O2. The zero-order chi connectivity index (χ0) is 33.5. The van der Waals surface area contributed by atoms with Crippen LogP contribution in [-0.2, 0) is 9.47 Å². The summed E-state index contributed by atoms with van der Waals surface area (Å²) >= 11 is 0. The van der Waals surface area contributed by atoms with Crippen LogP contribution in [0.2, 0.25) is 0 Å². The summed E-state index contributed by atoms with van der Waals surface area (Å²) < 4.78 is 13.9. The highest BCUT2D eigenvalue weighted by Crippen LogP contribution is 2.69. The summed E-state index contributed by atoms with van der Waals surface area (Å²) in [5.41, 5.74) is 12.6. The highest BCUT2D eigenvalue weighted by atomic mass is 16.5. The van der Waals surface area contributed by atoms with Gasteiger partial charge in [-0.3, -0.25) is 0 Å². The number of rotatable bonds is 24. The summed E-state index contributed by atoms with van der Waals surface area (Å²) in [4.78, 5) is 0. The van der Waals surface area contributed by atoms with Crippen molar-refractivity contribution in [3.8, 4) is 0 Å². The van der Waals surface area contributed by atoms with Gasteiger partial charge in [0.1, 0.15) is 0 Å².